The molecule has 0 saturated heterocycles. The summed E-state index contributed by atoms with van der Waals surface area (Å²) in [7, 11) is 2.88. The molecule has 2 heterocycles. The zero-order valence-electron chi connectivity index (χ0n) is 18.0. The van der Waals surface area contributed by atoms with Crippen LogP contribution in [0, 0.1) is 0 Å². The summed E-state index contributed by atoms with van der Waals surface area (Å²) in [4.78, 5) is 39.2. The average Bonchev–Trinajstić information content (AvgIpc) is 2.77. The molecule has 0 radical (unpaired) electrons. The van der Waals surface area contributed by atoms with Crippen LogP contribution in [-0.2, 0) is 16.1 Å². The van der Waals surface area contributed by atoms with Crippen molar-refractivity contribution in [1.29, 1.82) is 0 Å². The number of amides is 1. The summed E-state index contributed by atoms with van der Waals surface area (Å²) >= 11 is 0. The Labute approximate surface area is 180 Å². The van der Waals surface area contributed by atoms with Gasteiger partial charge in [-0.2, -0.15) is 0 Å². The van der Waals surface area contributed by atoms with Crippen molar-refractivity contribution >= 4 is 22.8 Å². The largest absolute Gasteiger partial charge is 0.493 e. The number of nitrogens with one attached hydrogen (secondary N) is 1. The lowest BCUT2D eigenvalue weighted by Crippen LogP contribution is -2.56. The second kappa shape index (κ2) is 8.61. The minimum atomic E-state index is -1.09. The standard InChI is InChI=1S/C23H28N2O6/c1-29-17-9-8-15-14-16(21(27)25-12-6-7-13-31-19(17)18(15)25)20(26)24-23(22(28)30-2)10-4-3-5-11-23/h8-9,14H,3-7,10-13H2,1-2H3,(H,24,26). The second-order valence-electron chi connectivity index (χ2n) is 8.19. The smallest absolute Gasteiger partial charge is 0.331 e. The molecule has 8 heteroatoms. The predicted molar refractivity (Wildman–Crippen MR) is 115 cm³/mol. The third kappa shape index (κ3) is 3.75. The summed E-state index contributed by atoms with van der Waals surface area (Å²) in [5.74, 6) is 0.0495. The van der Waals surface area contributed by atoms with Gasteiger partial charge in [0.05, 0.1) is 26.3 Å². The van der Waals surface area contributed by atoms with Crippen molar-refractivity contribution < 1.29 is 23.8 Å². The normalized spacial score (nSPS) is 17.7. The van der Waals surface area contributed by atoms with Gasteiger partial charge in [0.1, 0.15) is 11.1 Å². The molecule has 166 valence electrons. The number of esters is 1. The quantitative estimate of drug-likeness (QED) is 0.753. The zero-order valence-corrected chi connectivity index (χ0v) is 18.0. The third-order valence-corrected chi connectivity index (χ3v) is 6.29. The zero-order chi connectivity index (χ0) is 22.0. The molecule has 4 rings (SSSR count). The van der Waals surface area contributed by atoms with E-state index in [2.05, 4.69) is 5.32 Å². The monoisotopic (exact) mass is 428 g/mol. The molecule has 8 nitrogen and oxygen atoms in total. The molecule has 2 aromatic rings. The van der Waals surface area contributed by atoms with Gasteiger partial charge in [-0.15, -0.1) is 0 Å². The molecule has 1 aliphatic heterocycles. The van der Waals surface area contributed by atoms with Crippen LogP contribution < -0.4 is 20.3 Å². The molecule has 0 spiro atoms. The van der Waals surface area contributed by atoms with Crippen molar-refractivity contribution in [3.63, 3.8) is 0 Å². The lowest BCUT2D eigenvalue weighted by atomic mass is 9.81. The highest BCUT2D eigenvalue weighted by Gasteiger charge is 2.42. The molecule has 0 unspecified atom stereocenters. The molecule has 0 atom stereocenters. The van der Waals surface area contributed by atoms with Crippen LogP contribution in [0.1, 0.15) is 55.3 Å². The summed E-state index contributed by atoms with van der Waals surface area (Å²) in [5.41, 5.74) is -0.851. The highest BCUT2D eigenvalue weighted by Crippen LogP contribution is 2.36. The number of hydrogen-bond donors (Lipinski definition) is 1. The summed E-state index contributed by atoms with van der Waals surface area (Å²) in [6, 6.07) is 5.16. The maximum Gasteiger partial charge on any atom is 0.331 e. The van der Waals surface area contributed by atoms with E-state index in [1.54, 1.807) is 23.8 Å². The van der Waals surface area contributed by atoms with Gasteiger partial charge in [0.25, 0.3) is 11.5 Å². The molecular weight excluding hydrogens is 400 g/mol. The maximum atomic E-state index is 13.4. The molecule has 1 amide bonds. The van der Waals surface area contributed by atoms with Crippen molar-refractivity contribution in [1.82, 2.24) is 9.88 Å². The Balaban J connectivity index is 1.81. The van der Waals surface area contributed by atoms with Crippen molar-refractivity contribution in [3.8, 4) is 11.5 Å². The number of ether oxygens (including phenoxy) is 3. The number of hydrogen-bond acceptors (Lipinski definition) is 6. The molecule has 1 fully saturated rings. The van der Waals surface area contributed by atoms with Crippen molar-refractivity contribution in [2.75, 3.05) is 20.8 Å². The molecule has 1 N–H and O–H groups in total. The van der Waals surface area contributed by atoms with Gasteiger partial charge in [0.2, 0.25) is 0 Å². The van der Waals surface area contributed by atoms with Gasteiger partial charge in [-0.1, -0.05) is 19.3 Å². The van der Waals surface area contributed by atoms with E-state index in [-0.39, 0.29) is 5.56 Å². The molecule has 1 aromatic heterocycles. The second-order valence-corrected chi connectivity index (χ2v) is 8.19. The highest BCUT2D eigenvalue weighted by atomic mass is 16.5. The minimum Gasteiger partial charge on any atom is -0.493 e. The number of aryl methyl sites for hydroxylation is 1. The fraction of sp³-hybridized carbons (Fsp3) is 0.522. The van der Waals surface area contributed by atoms with E-state index in [9.17, 15) is 14.4 Å². The summed E-state index contributed by atoms with van der Waals surface area (Å²) in [6.45, 7) is 1.01. The Bertz CT molecular complexity index is 1070. The van der Waals surface area contributed by atoms with E-state index in [4.69, 9.17) is 14.2 Å². The molecule has 31 heavy (non-hydrogen) atoms. The fourth-order valence-corrected chi connectivity index (χ4v) is 4.66. The first kappa shape index (κ1) is 21.2. The lowest BCUT2D eigenvalue weighted by molar-refractivity contribution is -0.149. The van der Waals surface area contributed by atoms with Crippen LogP contribution in [0.2, 0.25) is 0 Å². The Morgan fingerprint density at radius 3 is 2.58 bits per heavy atom. The van der Waals surface area contributed by atoms with E-state index < -0.39 is 23.0 Å². The van der Waals surface area contributed by atoms with Crippen molar-refractivity contribution in [2.45, 2.75) is 57.0 Å². The van der Waals surface area contributed by atoms with E-state index in [0.29, 0.717) is 48.4 Å². The van der Waals surface area contributed by atoms with E-state index in [1.807, 2.05) is 6.07 Å². The number of benzene rings is 1. The molecule has 0 bridgehead atoms. The first-order valence-electron chi connectivity index (χ1n) is 10.8. The van der Waals surface area contributed by atoms with Crippen LogP contribution in [-0.4, -0.2) is 42.8 Å². The van der Waals surface area contributed by atoms with Crippen LogP contribution >= 0.6 is 0 Å². The number of aromatic nitrogens is 1. The van der Waals surface area contributed by atoms with Gasteiger partial charge in [-0.3, -0.25) is 9.59 Å². The van der Waals surface area contributed by atoms with E-state index in [1.165, 1.54) is 7.11 Å². The number of carbonyl (C=O) groups is 2. The topological polar surface area (TPSA) is 95.9 Å². The summed E-state index contributed by atoms with van der Waals surface area (Å²) in [6.07, 6.45) is 5.18. The molecular formula is C23H28N2O6. The minimum absolute atomic E-state index is 0.0121. The Kier molecular flexibility index (Phi) is 5.89. The number of methoxy groups -OCH3 is 2. The maximum absolute atomic E-state index is 13.4. The first-order chi connectivity index (χ1) is 15.0. The highest BCUT2D eigenvalue weighted by molar-refractivity contribution is 6.01. The van der Waals surface area contributed by atoms with Gasteiger partial charge >= 0.3 is 5.97 Å². The average molecular weight is 428 g/mol. The van der Waals surface area contributed by atoms with Gasteiger partial charge in [0.15, 0.2) is 11.5 Å². The fourth-order valence-electron chi connectivity index (χ4n) is 4.66. The van der Waals surface area contributed by atoms with E-state index in [0.717, 1.165) is 32.1 Å². The molecule has 1 aliphatic carbocycles. The van der Waals surface area contributed by atoms with Crippen LogP contribution in [0.5, 0.6) is 11.5 Å². The Hall–Kier alpha value is -3.03. The predicted octanol–water partition coefficient (Wildman–Crippen LogP) is 2.79. The molecule has 1 aromatic carbocycles. The van der Waals surface area contributed by atoms with Gasteiger partial charge in [-0.25, -0.2) is 4.79 Å². The van der Waals surface area contributed by atoms with Crippen LogP contribution in [0.4, 0.5) is 0 Å². The lowest BCUT2D eigenvalue weighted by Gasteiger charge is -2.35. The van der Waals surface area contributed by atoms with Crippen LogP contribution in [0.3, 0.4) is 0 Å². The van der Waals surface area contributed by atoms with Gasteiger partial charge in [0, 0.05) is 11.9 Å². The van der Waals surface area contributed by atoms with Gasteiger partial charge in [-0.05, 0) is 43.9 Å². The SMILES string of the molecule is COC(=O)C1(NC(=O)c2cc3ccc(OC)c4c3n(c2=O)CCCCO4)CCCCC1. The molecule has 2 aliphatic rings. The Morgan fingerprint density at radius 1 is 1.10 bits per heavy atom. The van der Waals surface area contributed by atoms with E-state index >= 15 is 0 Å². The number of carbonyl (C=O) groups excluding carboxylic acids is 2. The van der Waals surface area contributed by atoms with Crippen LogP contribution in [0.15, 0.2) is 23.0 Å². The van der Waals surface area contributed by atoms with Crippen molar-refractivity contribution in [3.05, 3.63) is 34.1 Å². The Morgan fingerprint density at radius 2 is 1.87 bits per heavy atom. The molecule has 1 saturated carbocycles. The summed E-state index contributed by atoms with van der Waals surface area (Å²) < 4.78 is 17.9. The van der Waals surface area contributed by atoms with Crippen LogP contribution in [0.25, 0.3) is 10.9 Å². The number of nitrogens with zero attached hydrogens (tertiary/aromatic N) is 1. The first-order valence-corrected chi connectivity index (χ1v) is 10.8. The van der Waals surface area contributed by atoms with Gasteiger partial charge < -0.3 is 24.1 Å². The number of pyridine rings is 1. The van der Waals surface area contributed by atoms with Crippen molar-refractivity contribution in [2.24, 2.45) is 0 Å². The number of rotatable bonds is 4. The third-order valence-electron chi connectivity index (χ3n) is 6.29. The summed E-state index contributed by atoms with van der Waals surface area (Å²) in [5, 5.41) is 3.56.